The van der Waals surface area contributed by atoms with E-state index < -0.39 is 8.07 Å². The first-order valence-corrected chi connectivity index (χ1v) is 9.52. The number of hydrogen-bond donors (Lipinski definition) is 0. The Kier molecular flexibility index (Phi) is 5.09. The van der Waals surface area contributed by atoms with Crippen LogP contribution in [0.1, 0.15) is 73.6 Å². The van der Waals surface area contributed by atoms with E-state index in [4.69, 9.17) is 0 Å². The van der Waals surface area contributed by atoms with Crippen LogP contribution in [0.2, 0.25) is 16.6 Å². The van der Waals surface area contributed by atoms with E-state index in [9.17, 15) is 0 Å². The zero-order chi connectivity index (χ0) is 12.3. The Hall–Kier alpha value is 0.217. The summed E-state index contributed by atoms with van der Waals surface area (Å²) in [6.45, 7) is 15.0. The van der Waals surface area contributed by atoms with Gasteiger partial charge in [-0.25, -0.2) is 0 Å². The van der Waals surface area contributed by atoms with Crippen molar-refractivity contribution in [1.29, 1.82) is 0 Å². The van der Waals surface area contributed by atoms with Gasteiger partial charge in [-0.1, -0.05) is 77.4 Å². The molecule has 0 nitrogen and oxygen atoms in total. The lowest BCUT2D eigenvalue weighted by molar-refractivity contribution is 0.553. The van der Waals surface area contributed by atoms with Gasteiger partial charge in [-0.15, -0.1) is 0 Å². The molecule has 0 aromatic rings. The first-order valence-electron chi connectivity index (χ1n) is 7.29. The lowest BCUT2D eigenvalue weighted by Gasteiger charge is -2.50. The summed E-state index contributed by atoms with van der Waals surface area (Å²) in [5, 5.41) is 0. The largest absolute Gasteiger partial charge is 0.0677 e. The van der Waals surface area contributed by atoms with Crippen LogP contribution < -0.4 is 0 Å². The van der Waals surface area contributed by atoms with Crippen molar-refractivity contribution in [1.82, 2.24) is 0 Å². The van der Waals surface area contributed by atoms with E-state index in [1.807, 2.05) is 5.54 Å². The molecule has 1 aliphatic carbocycles. The minimum Gasteiger partial charge on any atom is -0.0651 e. The summed E-state index contributed by atoms with van der Waals surface area (Å²) < 4.78 is 0. The van der Waals surface area contributed by atoms with Crippen molar-refractivity contribution in [3.8, 4) is 0 Å². The van der Waals surface area contributed by atoms with Gasteiger partial charge in [0.05, 0.1) is 8.07 Å². The van der Waals surface area contributed by atoms with E-state index in [0.717, 1.165) is 16.6 Å². The van der Waals surface area contributed by atoms with Crippen LogP contribution in [0.25, 0.3) is 0 Å². The average Bonchev–Trinajstić information content (AvgIpc) is 2.18. The second-order valence-corrected chi connectivity index (χ2v) is 12.6. The van der Waals surface area contributed by atoms with E-state index in [-0.39, 0.29) is 0 Å². The van der Waals surface area contributed by atoms with Crippen molar-refractivity contribution in [3.63, 3.8) is 0 Å². The third-order valence-electron chi connectivity index (χ3n) is 4.94. The highest BCUT2D eigenvalue weighted by molar-refractivity contribution is 6.88. The van der Waals surface area contributed by atoms with Crippen LogP contribution >= 0.6 is 0 Å². The van der Waals surface area contributed by atoms with Crippen molar-refractivity contribution < 1.29 is 0 Å². The quantitative estimate of drug-likeness (QED) is 0.549. The summed E-state index contributed by atoms with van der Waals surface area (Å²) in [6.07, 6.45) is 7.33. The SMILES string of the molecule is CC(C)[Si]([C]1CCCCC1)(C(C)C)C(C)C. The Morgan fingerprint density at radius 1 is 0.688 bits per heavy atom. The summed E-state index contributed by atoms with van der Waals surface area (Å²) in [7, 11) is -1.21. The van der Waals surface area contributed by atoms with Gasteiger partial charge in [0, 0.05) is 0 Å². The van der Waals surface area contributed by atoms with Crippen LogP contribution in [0, 0.1) is 5.54 Å². The molecule has 1 heteroatoms. The van der Waals surface area contributed by atoms with Gasteiger partial charge < -0.3 is 0 Å². The molecule has 0 amide bonds. The molecule has 0 N–H and O–H groups in total. The first kappa shape index (κ1) is 14.3. The molecule has 1 saturated carbocycles. The van der Waals surface area contributed by atoms with E-state index in [0.29, 0.717) is 0 Å². The van der Waals surface area contributed by atoms with Crippen LogP contribution in [0.3, 0.4) is 0 Å². The Labute approximate surface area is 104 Å². The maximum Gasteiger partial charge on any atom is 0.0677 e. The fraction of sp³-hybridized carbons (Fsp3) is 0.933. The predicted molar refractivity (Wildman–Crippen MR) is 77.4 cm³/mol. The summed E-state index contributed by atoms with van der Waals surface area (Å²) in [4.78, 5) is 0. The molecule has 0 aromatic heterocycles. The molecule has 16 heavy (non-hydrogen) atoms. The van der Waals surface area contributed by atoms with Gasteiger partial charge in [0.15, 0.2) is 0 Å². The maximum absolute atomic E-state index is 2.49. The van der Waals surface area contributed by atoms with Gasteiger partial charge in [0.2, 0.25) is 0 Å². The molecule has 0 aromatic carbocycles. The van der Waals surface area contributed by atoms with Crippen molar-refractivity contribution in [2.24, 2.45) is 0 Å². The Balaban J connectivity index is 2.99. The molecule has 0 aliphatic heterocycles. The standard InChI is InChI=1S/C15H31Si/c1-12(2)16(13(3)4,14(5)6)15-10-8-7-9-11-15/h12-14H,7-11H2,1-6H3. The molecular weight excluding hydrogens is 208 g/mol. The van der Waals surface area contributed by atoms with Crippen molar-refractivity contribution in [2.45, 2.75) is 90.3 Å². The Bertz CT molecular complexity index is 178. The van der Waals surface area contributed by atoms with Crippen LogP contribution in [0.5, 0.6) is 0 Å². The number of rotatable bonds is 4. The molecule has 1 aliphatic rings. The van der Waals surface area contributed by atoms with E-state index in [1.54, 1.807) is 0 Å². The Morgan fingerprint density at radius 2 is 1.06 bits per heavy atom. The Morgan fingerprint density at radius 3 is 1.38 bits per heavy atom. The molecule has 0 spiro atoms. The highest BCUT2D eigenvalue weighted by atomic mass is 28.3. The van der Waals surface area contributed by atoms with Crippen LogP contribution in [-0.4, -0.2) is 8.07 Å². The molecular formula is C15H31Si. The molecule has 0 bridgehead atoms. The van der Waals surface area contributed by atoms with Gasteiger partial charge in [0.1, 0.15) is 0 Å². The fourth-order valence-electron chi connectivity index (χ4n) is 4.64. The van der Waals surface area contributed by atoms with E-state index >= 15 is 0 Å². The van der Waals surface area contributed by atoms with Crippen LogP contribution in [-0.2, 0) is 0 Å². The highest BCUT2D eigenvalue weighted by Crippen LogP contribution is 2.51. The minimum absolute atomic E-state index is 0.917. The lowest BCUT2D eigenvalue weighted by Crippen LogP contribution is -2.51. The minimum atomic E-state index is -1.21. The number of hydrogen-bond acceptors (Lipinski definition) is 0. The second-order valence-electron chi connectivity index (χ2n) is 6.56. The van der Waals surface area contributed by atoms with Gasteiger partial charge in [-0.2, -0.15) is 0 Å². The third-order valence-corrected chi connectivity index (χ3v) is 12.4. The van der Waals surface area contributed by atoms with Crippen molar-refractivity contribution in [2.75, 3.05) is 0 Å². The lowest BCUT2D eigenvalue weighted by atomic mass is 10.0. The van der Waals surface area contributed by atoms with E-state index in [2.05, 4.69) is 41.5 Å². The smallest absolute Gasteiger partial charge is 0.0651 e. The molecule has 1 rings (SSSR count). The summed E-state index contributed by atoms with van der Waals surface area (Å²) in [5.41, 5.74) is 4.78. The molecule has 95 valence electrons. The molecule has 0 heterocycles. The van der Waals surface area contributed by atoms with Gasteiger partial charge in [-0.05, 0) is 18.4 Å². The monoisotopic (exact) mass is 239 g/mol. The molecule has 0 saturated heterocycles. The van der Waals surface area contributed by atoms with Gasteiger partial charge >= 0.3 is 0 Å². The van der Waals surface area contributed by atoms with Gasteiger partial charge in [0.25, 0.3) is 0 Å². The first-order chi connectivity index (χ1) is 7.44. The molecule has 0 atom stereocenters. The summed E-state index contributed by atoms with van der Waals surface area (Å²) >= 11 is 0. The zero-order valence-electron chi connectivity index (χ0n) is 12.3. The topological polar surface area (TPSA) is 0 Å². The summed E-state index contributed by atoms with van der Waals surface area (Å²) in [5.74, 6) is 0. The van der Waals surface area contributed by atoms with Crippen LogP contribution in [0.15, 0.2) is 0 Å². The normalized spacial score (nSPS) is 20.1. The summed E-state index contributed by atoms with van der Waals surface area (Å²) in [6, 6.07) is 0. The van der Waals surface area contributed by atoms with Crippen molar-refractivity contribution in [3.05, 3.63) is 5.54 Å². The second kappa shape index (κ2) is 5.71. The average molecular weight is 239 g/mol. The molecule has 1 radical (unpaired) electrons. The third kappa shape index (κ3) is 2.39. The van der Waals surface area contributed by atoms with Gasteiger partial charge in [-0.3, -0.25) is 0 Å². The predicted octanol–water partition coefficient (Wildman–Crippen LogP) is 5.74. The van der Waals surface area contributed by atoms with E-state index in [1.165, 1.54) is 32.1 Å². The molecule has 1 fully saturated rings. The highest BCUT2D eigenvalue weighted by Gasteiger charge is 2.48. The molecule has 0 unspecified atom stereocenters. The van der Waals surface area contributed by atoms with Crippen molar-refractivity contribution >= 4 is 8.07 Å². The maximum atomic E-state index is 2.49. The zero-order valence-corrected chi connectivity index (χ0v) is 13.3. The fourth-order valence-corrected chi connectivity index (χ4v) is 12.3. The van der Waals surface area contributed by atoms with Crippen LogP contribution in [0.4, 0.5) is 0 Å².